The summed E-state index contributed by atoms with van der Waals surface area (Å²) in [6, 6.07) is 15.0. The minimum Gasteiger partial charge on any atom is -0.491 e. The molecule has 0 bridgehead atoms. The van der Waals surface area contributed by atoms with Crippen molar-refractivity contribution in [2.24, 2.45) is 0 Å². The zero-order chi connectivity index (χ0) is 20.3. The fourth-order valence-electron chi connectivity index (χ4n) is 3.13. The Bertz CT molecular complexity index is 898. The van der Waals surface area contributed by atoms with Gasteiger partial charge in [-0.1, -0.05) is 38.1 Å². The van der Waals surface area contributed by atoms with Crippen molar-refractivity contribution in [3.8, 4) is 5.75 Å². The fourth-order valence-corrected chi connectivity index (χ4v) is 3.98. The molecule has 2 amide bonds. The Labute approximate surface area is 170 Å². The van der Waals surface area contributed by atoms with Gasteiger partial charge in [-0.05, 0) is 61.4 Å². The number of thioether (sulfide) groups is 1. The predicted molar refractivity (Wildman–Crippen MR) is 116 cm³/mol. The van der Waals surface area contributed by atoms with Gasteiger partial charge in [0.05, 0.1) is 22.3 Å². The van der Waals surface area contributed by atoms with E-state index in [1.165, 1.54) is 22.2 Å². The maximum atomic E-state index is 13.2. The highest BCUT2D eigenvalue weighted by Crippen LogP contribution is 2.38. The number of amides is 2. The van der Waals surface area contributed by atoms with E-state index in [0.717, 1.165) is 23.5 Å². The van der Waals surface area contributed by atoms with Crippen LogP contribution in [0.15, 0.2) is 53.4 Å². The molecule has 0 fully saturated rings. The maximum absolute atomic E-state index is 13.2. The minimum atomic E-state index is -0.275. The van der Waals surface area contributed by atoms with Crippen LogP contribution in [0, 0.1) is 0 Å². The van der Waals surface area contributed by atoms with Crippen molar-refractivity contribution in [1.82, 2.24) is 0 Å². The third-order valence-electron chi connectivity index (χ3n) is 4.45. The van der Waals surface area contributed by atoms with Crippen LogP contribution in [0.1, 0.15) is 38.8 Å². The molecule has 4 nitrogen and oxygen atoms in total. The minimum absolute atomic E-state index is 0.0764. The average Bonchev–Trinajstić information content (AvgIpc) is 2.92. The van der Waals surface area contributed by atoms with Crippen molar-refractivity contribution >= 4 is 34.8 Å². The first-order valence-electron chi connectivity index (χ1n) is 9.58. The highest BCUT2D eigenvalue weighted by Gasteiger charge is 2.39. The van der Waals surface area contributed by atoms with Crippen LogP contribution in [0.4, 0.5) is 5.69 Å². The first kappa shape index (κ1) is 20.2. The Morgan fingerprint density at radius 3 is 2.11 bits per heavy atom. The Kier molecular flexibility index (Phi) is 6.25. The molecule has 0 aromatic heterocycles. The summed E-state index contributed by atoms with van der Waals surface area (Å²) in [5.74, 6) is 0.934. The molecule has 5 heteroatoms. The van der Waals surface area contributed by atoms with E-state index in [1.807, 2.05) is 69.3 Å². The van der Waals surface area contributed by atoms with Gasteiger partial charge >= 0.3 is 0 Å². The molecule has 0 saturated carbocycles. The summed E-state index contributed by atoms with van der Waals surface area (Å²) in [5.41, 5.74) is 2.97. The lowest BCUT2D eigenvalue weighted by atomic mass is 10.1. The molecule has 2 aromatic carbocycles. The Hall–Kier alpha value is -2.53. The third-order valence-corrected chi connectivity index (χ3v) is 5.40. The second-order valence-electron chi connectivity index (χ2n) is 6.79. The summed E-state index contributed by atoms with van der Waals surface area (Å²) >= 11 is 1.41. The summed E-state index contributed by atoms with van der Waals surface area (Å²) in [5, 5.41) is 0. The number of benzene rings is 2. The number of rotatable bonds is 7. The number of hydrogen-bond donors (Lipinski definition) is 0. The monoisotopic (exact) mass is 395 g/mol. The fraction of sp³-hybridized carbons (Fsp3) is 0.304. The lowest BCUT2D eigenvalue weighted by Gasteiger charge is -2.15. The standard InChI is InChI=1S/C23H25NO3S/c1-5-16-7-11-18(12-8-16)24-22(25)20(21(23(24)26)28-6-2)17-9-13-19(14-10-17)27-15(3)4/h7-15H,5-6H2,1-4H3. The molecule has 0 aliphatic carbocycles. The van der Waals surface area contributed by atoms with Gasteiger partial charge in [0.15, 0.2) is 0 Å². The Balaban J connectivity index is 1.97. The lowest BCUT2D eigenvalue weighted by Crippen LogP contribution is -2.31. The normalized spacial score (nSPS) is 14.4. The third kappa shape index (κ3) is 3.99. The highest BCUT2D eigenvalue weighted by atomic mass is 32.2. The van der Waals surface area contributed by atoms with Crippen molar-refractivity contribution < 1.29 is 14.3 Å². The molecule has 1 heterocycles. The van der Waals surface area contributed by atoms with Crippen LogP contribution in [0.25, 0.3) is 5.57 Å². The van der Waals surface area contributed by atoms with E-state index in [0.29, 0.717) is 16.2 Å². The summed E-state index contributed by atoms with van der Waals surface area (Å²) in [4.78, 5) is 28.1. The van der Waals surface area contributed by atoms with Crippen LogP contribution >= 0.6 is 11.8 Å². The number of imide groups is 1. The molecule has 0 spiro atoms. The summed E-state index contributed by atoms with van der Waals surface area (Å²) in [7, 11) is 0. The second kappa shape index (κ2) is 8.65. The van der Waals surface area contributed by atoms with Gasteiger partial charge in [0.25, 0.3) is 11.8 Å². The van der Waals surface area contributed by atoms with Gasteiger partial charge < -0.3 is 4.74 Å². The van der Waals surface area contributed by atoms with Crippen molar-refractivity contribution in [1.29, 1.82) is 0 Å². The van der Waals surface area contributed by atoms with Crippen LogP contribution in [0.5, 0.6) is 5.75 Å². The van der Waals surface area contributed by atoms with Gasteiger partial charge in [-0.15, -0.1) is 11.8 Å². The second-order valence-corrected chi connectivity index (χ2v) is 8.07. The summed E-state index contributed by atoms with van der Waals surface area (Å²) < 4.78 is 5.68. The SMILES string of the molecule is CCSC1=C(c2ccc(OC(C)C)cc2)C(=O)N(c2ccc(CC)cc2)C1=O. The Morgan fingerprint density at radius 2 is 1.57 bits per heavy atom. The van der Waals surface area contributed by atoms with Crippen LogP contribution in [-0.4, -0.2) is 23.7 Å². The molecule has 3 rings (SSSR count). The van der Waals surface area contributed by atoms with Gasteiger partial charge in [0.2, 0.25) is 0 Å². The summed E-state index contributed by atoms with van der Waals surface area (Å²) in [6.45, 7) is 7.98. The molecule has 1 aliphatic heterocycles. The van der Waals surface area contributed by atoms with Crippen LogP contribution < -0.4 is 9.64 Å². The zero-order valence-corrected chi connectivity index (χ0v) is 17.5. The van der Waals surface area contributed by atoms with Gasteiger partial charge in [-0.2, -0.15) is 0 Å². The largest absolute Gasteiger partial charge is 0.491 e. The van der Waals surface area contributed by atoms with E-state index in [-0.39, 0.29) is 17.9 Å². The number of carbonyl (C=O) groups is 2. The molecule has 0 N–H and O–H groups in total. The molecular formula is C23H25NO3S. The first-order valence-corrected chi connectivity index (χ1v) is 10.6. The number of nitrogens with zero attached hydrogens (tertiary/aromatic N) is 1. The number of ether oxygens (including phenoxy) is 1. The van der Waals surface area contributed by atoms with E-state index >= 15 is 0 Å². The van der Waals surface area contributed by atoms with Crippen LogP contribution in [-0.2, 0) is 16.0 Å². The lowest BCUT2D eigenvalue weighted by molar-refractivity contribution is -0.119. The van der Waals surface area contributed by atoms with Crippen molar-refractivity contribution in [2.45, 2.75) is 40.2 Å². The number of hydrogen-bond acceptors (Lipinski definition) is 4. The van der Waals surface area contributed by atoms with Crippen LogP contribution in [0.3, 0.4) is 0 Å². The van der Waals surface area contributed by atoms with Gasteiger partial charge in [0, 0.05) is 0 Å². The molecule has 146 valence electrons. The molecule has 0 atom stereocenters. The summed E-state index contributed by atoms with van der Waals surface area (Å²) in [6.07, 6.45) is 0.987. The van der Waals surface area contributed by atoms with Gasteiger partial charge in [0.1, 0.15) is 5.75 Å². The molecule has 1 aliphatic rings. The first-order chi connectivity index (χ1) is 13.5. The number of anilines is 1. The van der Waals surface area contributed by atoms with Crippen LogP contribution in [0.2, 0.25) is 0 Å². The van der Waals surface area contributed by atoms with E-state index < -0.39 is 0 Å². The Morgan fingerprint density at radius 1 is 0.929 bits per heavy atom. The van der Waals surface area contributed by atoms with Gasteiger partial charge in [-0.3, -0.25) is 9.59 Å². The molecular weight excluding hydrogens is 370 g/mol. The topological polar surface area (TPSA) is 46.6 Å². The molecule has 0 unspecified atom stereocenters. The molecule has 0 radical (unpaired) electrons. The van der Waals surface area contributed by atoms with E-state index in [2.05, 4.69) is 6.92 Å². The highest BCUT2D eigenvalue weighted by molar-refractivity contribution is 8.04. The van der Waals surface area contributed by atoms with Crippen molar-refractivity contribution in [3.05, 3.63) is 64.6 Å². The van der Waals surface area contributed by atoms with Gasteiger partial charge in [-0.25, -0.2) is 4.90 Å². The predicted octanol–water partition coefficient (Wildman–Crippen LogP) is 5.07. The van der Waals surface area contributed by atoms with E-state index in [4.69, 9.17) is 4.74 Å². The van der Waals surface area contributed by atoms with E-state index in [9.17, 15) is 9.59 Å². The molecule has 0 saturated heterocycles. The number of aryl methyl sites for hydroxylation is 1. The van der Waals surface area contributed by atoms with Crippen molar-refractivity contribution in [2.75, 3.05) is 10.7 Å². The quantitative estimate of drug-likeness (QED) is 0.614. The van der Waals surface area contributed by atoms with E-state index in [1.54, 1.807) is 0 Å². The smallest absolute Gasteiger partial charge is 0.272 e. The average molecular weight is 396 g/mol. The van der Waals surface area contributed by atoms with Crippen molar-refractivity contribution in [3.63, 3.8) is 0 Å². The zero-order valence-electron chi connectivity index (χ0n) is 16.7. The maximum Gasteiger partial charge on any atom is 0.272 e. The molecule has 28 heavy (non-hydrogen) atoms. The number of carbonyl (C=O) groups excluding carboxylic acids is 2. The molecule has 2 aromatic rings.